The van der Waals surface area contributed by atoms with Crippen LogP contribution >= 0.6 is 15.9 Å². The van der Waals surface area contributed by atoms with E-state index in [1.54, 1.807) is 19.2 Å². The highest BCUT2D eigenvalue weighted by Gasteiger charge is 2.41. The summed E-state index contributed by atoms with van der Waals surface area (Å²) in [4.78, 5) is 12.6. The number of halogens is 1. The van der Waals surface area contributed by atoms with Gasteiger partial charge in [-0.05, 0) is 60.7 Å². The number of amides is 1. The van der Waals surface area contributed by atoms with E-state index in [1.165, 1.54) is 0 Å². The van der Waals surface area contributed by atoms with E-state index in [2.05, 4.69) is 21.2 Å². The molecule has 1 saturated carbocycles. The Labute approximate surface area is 139 Å². The molecule has 0 aliphatic heterocycles. The topological polar surface area (TPSA) is 73.6 Å². The number of nitrogens with one attached hydrogen (secondary N) is 1. The monoisotopic (exact) mass is 370 g/mol. The number of nitrogens with two attached hydrogens (primary N) is 1. The van der Waals surface area contributed by atoms with Gasteiger partial charge in [-0.3, -0.25) is 4.79 Å². The maximum absolute atomic E-state index is 12.6. The molecule has 1 amide bonds. The zero-order valence-electron chi connectivity index (χ0n) is 13.2. The lowest BCUT2D eigenvalue weighted by molar-refractivity contribution is 0.0897. The summed E-state index contributed by atoms with van der Waals surface area (Å²) in [6.45, 7) is 4.85. The van der Waals surface area contributed by atoms with E-state index < -0.39 is 0 Å². The first-order valence-electron chi connectivity index (χ1n) is 7.48. The lowest BCUT2D eigenvalue weighted by atomic mass is 9.95. The zero-order valence-corrected chi connectivity index (χ0v) is 14.8. The predicted octanol–water partition coefficient (Wildman–Crippen LogP) is 2.71. The van der Waals surface area contributed by atoms with Gasteiger partial charge in [0.1, 0.15) is 0 Å². The van der Waals surface area contributed by atoms with E-state index in [0.717, 1.165) is 12.8 Å². The molecule has 0 saturated heterocycles. The Kier molecular flexibility index (Phi) is 5.34. The molecule has 1 atom stereocenters. The average molecular weight is 371 g/mol. The molecule has 1 aromatic rings. The molecule has 1 aromatic carbocycles. The summed E-state index contributed by atoms with van der Waals surface area (Å²) in [5.74, 6) is 1.45. The number of rotatable bonds is 7. The summed E-state index contributed by atoms with van der Waals surface area (Å²) in [7, 11) is 1.56. The minimum Gasteiger partial charge on any atom is -0.493 e. The second-order valence-electron chi connectivity index (χ2n) is 5.77. The van der Waals surface area contributed by atoms with Crippen LogP contribution in [-0.2, 0) is 0 Å². The van der Waals surface area contributed by atoms with Crippen molar-refractivity contribution >= 4 is 21.8 Å². The zero-order chi connectivity index (χ0) is 16.3. The molecule has 22 heavy (non-hydrogen) atoms. The van der Waals surface area contributed by atoms with Gasteiger partial charge in [0, 0.05) is 12.1 Å². The molecule has 1 fully saturated rings. The minimum atomic E-state index is -0.352. The first kappa shape index (κ1) is 17.1. The van der Waals surface area contributed by atoms with Crippen LogP contribution in [0.15, 0.2) is 16.6 Å². The molecule has 0 bridgehead atoms. The van der Waals surface area contributed by atoms with Crippen molar-refractivity contribution in [2.24, 2.45) is 11.7 Å². The lowest BCUT2D eigenvalue weighted by Gasteiger charge is -2.29. The van der Waals surface area contributed by atoms with Crippen molar-refractivity contribution in [3.8, 4) is 11.5 Å². The maximum Gasteiger partial charge on any atom is 0.251 e. The van der Waals surface area contributed by atoms with Crippen LogP contribution < -0.4 is 20.5 Å². The van der Waals surface area contributed by atoms with E-state index >= 15 is 0 Å². The Morgan fingerprint density at radius 2 is 2.18 bits per heavy atom. The summed E-state index contributed by atoms with van der Waals surface area (Å²) >= 11 is 3.44. The Morgan fingerprint density at radius 3 is 2.68 bits per heavy atom. The summed E-state index contributed by atoms with van der Waals surface area (Å²) in [6, 6.07) is 3.43. The van der Waals surface area contributed by atoms with Crippen LogP contribution in [0.4, 0.5) is 0 Å². The standard InChI is InChI=1S/C16H23BrN2O3/c1-4-22-14-12(17)7-10(8-13(14)21-3)15(20)19-16(2,9-18)11-5-6-11/h7-8,11H,4-6,9,18H2,1-3H3,(H,19,20). The van der Waals surface area contributed by atoms with Crippen LogP contribution in [0.5, 0.6) is 11.5 Å². The quantitative estimate of drug-likeness (QED) is 0.773. The molecule has 0 spiro atoms. The van der Waals surface area contributed by atoms with Gasteiger partial charge in [-0.15, -0.1) is 0 Å². The third kappa shape index (κ3) is 3.55. The molecule has 6 heteroatoms. The number of hydrogen-bond donors (Lipinski definition) is 2. The number of carbonyl (C=O) groups is 1. The maximum atomic E-state index is 12.6. The summed E-state index contributed by atoms with van der Waals surface area (Å²) in [5.41, 5.74) is 6.02. The molecule has 2 rings (SSSR count). The van der Waals surface area contributed by atoms with Gasteiger partial charge in [-0.2, -0.15) is 0 Å². The third-order valence-corrected chi connectivity index (χ3v) is 4.67. The molecule has 5 nitrogen and oxygen atoms in total. The van der Waals surface area contributed by atoms with Crippen molar-refractivity contribution in [1.29, 1.82) is 0 Å². The number of methoxy groups -OCH3 is 1. The SMILES string of the molecule is CCOc1c(Br)cc(C(=O)NC(C)(CN)C2CC2)cc1OC. The molecule has 0 radical (unpaired) electrons. The van der Waals surface area contributed by atoms with Gasteiger partial charge in [0.25, 0.3) is 5.91 Å². The van der Waals surface area contributed by atoms with E-state index in [-0.39, 0.29) is 11.4 Å². The fourth-order valence-corrected chi connectivity index (χ4v) is 3.06. The predicted molar refractivity (Wildman–Crippen MR) is 89.5 cm³/mol. The summed E-state index contributed by atoms with van der Waals surface area (Å²) in [6.07, 6.45) is 2.23. The van der Waals surface area contributed by atoms with E-state index in [4.69, 9.17) is 15.2 Å². The first-order chi connectivity index (χ1) is 10.4. The van der Waals surface area contributed by atoms with Crippen LogP contribution in [-0.4, -0.2) is 31.7 Å². The van der Waals surface area contributed by atoms with Crippen LogP contribution in [0, 0.1) is 5.92 Å². The third-order valence-electron chi connectivity index (χ3n) is 4.08. The van der Waals surface area contributed by atoms with Gasteiger partial charge in [0.2, 0.25) is 0 Å². The molecule has 1 unspecified atom stereocenters. The van der Waals surface area contributed by atoms with Gasteiger partial charge in [-0.25, -0.2) is 0 Å². The van der Waals surface area contributed by atoms with Crippen molar-refractivity contribution < 1.29 is 14.3 Å². The molecular formula is C16H23BrN2O3. The number of hydrogen-bond acceptors (Lipinski definition) is 4. The van der Waals surface area contributed by atoms with Crippen molar-refractivity contribution in [2.75, 3.05) is 20.3 Å². The van der Waals surface area contributed by atoms with Gasteiger partial charge < -0.3 is 20.5 Å². The number of ether oxygens (including phenoxy) is 2. The van der Waals surface area contributed by atoms with Crippen molar-refractivity contribution in [3.05, 3.63) is 22.2 Å². The second-order valence-corrected chi connectivity index (χ2v) is 6.63. The number of benzene rings is 1. The molecular weight excluding hydrogens is 348 g/mol. The second kappa shape index (κ2) is 6.87. The highest BCUT2D eigenvalue weighted by Crippen LogP contribution is 2.40. The molecule has 1 aliphatic rings. The fraction of sp³-hybridized carbons (Fsp3) is 0.562. The van der Waals surface area contributed by atoms with Crippen LogP contribution in [0.25, 0.3) is 0 Å². The smallest absolute Gasteiger partial charge is 0.251 e. The molecule has 0 aromatic heterocycles. The van der Waals surface area contributed by atoms with Crippen LogP contribution in [0.2, 0.25) is 0 Å². The Hall–Kier alpha value is -1.27. The van der Waals surface area contributed by atoms with Gasteiger partial charge in [0.15, 0.2) is 11.5 Å². The lowest BCUT2D eigenvalue weighted by Crippen LogP contribution is -2.53. The fourth-order valence-electron chi connectivity index (χ4n) is 2.51. The van der Waals surface area contributed by atoms with Crippen molar-refractivity contribution in [2.45, 2.75) is 32.2 Å². The molecule has 1 aliphatic carbocycles. The van der Waals surface area contributed by atoms with E-state index in [1.807, 2.05) is 13.8 Å². The average Bonchev–Trinajstić information content (AvgIpc) is 3.34. The van der Waals surface area contributed by atoms with Gasteiger partial charge in [-0.1, -0.05) is 0 Å². The first-order valence-corrected chi connectivity index (χ1v) is 8.27. The van der Waals surface area contributed by atoms with Gasteiger partial charge in [0.05, 0.1) is 23.7 Å². The van der Waals surface area contributed by atoms with Crippen molar-refractivity contribution in [3.63, 3.8) is 0 Å². The Morgan fingerprint density at radius 1 is 1.50 bits per heavy atom. The van der Waals surface area contributed by atoms with Crippen LogP contribution in [0.3, 0.4) is 0 Å². The van der Waals surface area contributed by atoms with Gasteiger partial charge >= 0.3 is 0 Å². The summed E-state index contributed by atoms with van der Waals surface area (Å²) in [5, 5.41) is 3.07. The van der Waals surface area contributed by atoms with E-state index in [0.29, 0.717) is 40.6 Å². The molecule has 122 valence electrons. The number of carbonyl (C=O) groups excluding carboxylic acids is 1. The van der Waals surface area contributed by atoms with E-state index in [9.17, 15) is 4.79 Å². The van der Waals surface area contributed by atoms with Crippen molar-refractivity contribution in [1.82, 2.24) is 5.32 Å². The molecule has 0 heterocycles. The highest BCUT2D eigenvalue weighted by atomic mass is 79.9. The molecule has 3 N–H and O–H groups in total. The Balaban J connectivity index is 2.24. The van der Waals surface area contributed by atoms with Crippen LogP contribution in [0.1, 0.15) is 37.0 Å². The largest absolute Gasteiger partial charge is 0.493 e. The normalized spacial score (nSPS) is 16.8. The Bertz CT molecular complexity index is 561. The highest BCUT2D eigenvalue weighted by molar-refractivity contribution is 9.10. The summed E-state index contributed by atoms with van der Waals surface area (Å²) < 4.78 is 11.6. The minimum absolute atomic E-state index is 0.151.